The molecular weight excluding hydrogens is 228 g/mol. The number of hydrogen-bond donors (Lipinski definition) is 2. The van der Waals surface area contributed by atoms with Crippen LogP contribution in [0.5, 0.6) is 0 Å². The average molecular weight is 244 g/mol. The molecule has 1 aliphatic heterocycles. The highest BCUT2D eigenvalue weighted by Crippen LogP contribution is 2.27. The molecule has 2 rings (SSSR count). The highest BCUT2D eigenvalue weighted by molar-refractivity contribution is 7.89. The van der Waals surface area contributed by atoms with Crippen molar-refractivity contribution in [1.29, 1.82) is 0 Å². The van der Waals surface area contributed by atoms with Crippen molar-refractivity contribution in [2.75, 3.05) is 13.1 Å². The fourth-order valence-corrected chi connectivity index (χ4v) is 3.74. The molecule has 2 atom stereocenters. The van der Waals surface area contributed by atoms with Crippen LogP contribution >= 0.6 is 0 Å². The van der Waals surface area contributed by atoms with Gasteiger partial charge in [0, 0.05) is 12.6 Å². The van der Waals surface area contributed by atoms with Crippen LogP contribution in [-0.2, 0) is 10.0 Å². The lowest BCUT2D eigenvalue weighted by Gasteiger charge is -2.19. The van der Waals surface area contributed by atoms with E-state index in [1.165, 1.54) is 16.8 Å². The molecule has 90 valence electrons. The van der Waals surface area contributed by atoms with E-state index in [0.717, 1.165) is 6.42 Å². The Morgan fingerprint density at radius 3 is 2.94 bits per heavy atom. The predicted molar refractivity (Wildman–Crippen MR) is 59.1 cm³/mol. The van der Waals surface area contributed by atoms with Crippen molar-refractivity contribution < 1.29 is 8.42 Å². The molecule has 3 N–H and O–H groups in total. The highest BCUT2D eigenvalue weighted by atomic mass is 32.2. The minimum absolute atomic E-state index is 0.00171. The van der Waals surface area contributed by atoms with E-state index in [-0.39, 0.29) is 17.0 Å². The molecule has 6 nitrogen and oxygen atoms in total. The lowest BCUT2D eigenvalue weighted by Crippen LogP contribution is -2.34. The third-order valence-electron chi connectivity index (χ3n) is 3.00. The highest BCUT2D eigenvalue weighted by Gasteiger charge is 2.37. The van der Waals surface area contributed by atoms with Crippen LogP contribution in [0, 0.1) is 5.92 Å². The first-order valence-electron chi connectivity index (χ1n) is 5.26. The fourth-order valence-electron chi connectivity index (χ4n) is 2.13. The maximum absolute atomic E-state index is 12.2. The third-order valence-corrected chi connectivity index (χ3v) is 4.90. The number of H-pyrrole nitrogens is 1. The van der Waals surface area contributed by atoms with Gasteiger partial charge in [-0.2, -0.15) is 4.31 Å². The summed E-state index contributed by atoms with van der Waals surface area (Å²) < 4.78 is 25.9. The lowest BCUT2D eigenvalue weighted by molar-refractivity contribution is 0.403. The van der Waals surface area contributed by atoms with Gasteiger partial charge in [-0.15, -0.1) is 0 Å². The Morgan fingerprint density at radius 2 is 2.44 bits per heavy atom. The van der Waals surface area contributed by atoms with Crippen LogP contribution in [0.15, 0.2) is 17.6 Å². The van der Waals surface area contributed by atoms with Gasteiger partial charge in [-0.3, -0.25) is 0 Å². The van der Waals surface area contributed by atoms with Crippen molar-refractivity contribution in [1.82, 2.24) is 14.3 Å². The molecule has 1 fully saturated rings. The summed E-state index contributed by atoms with van der Waals surface area (Å²) in [5.74, 6) is 0.257. The summed E-state index contributed by atoms with van der Waals surface area (Å²) in [5.41, 5.74) is 5.58. The van der Waals surface area contributed by atoms with Crippen LogP contribution in [0.2, 0.25) is 0 Å². The van der Waals surface area contributed by atoms with Crippen molar-refractivity contribution in [2.45, 2.75) is 24.4 Å². The topological polar surface area (TPSA) is 92.1 Å². The molecule has 1 aromatic rings. The predicted octanol–water partition coefficient (Wildman–Crippen LogP) is -0.232. The molecule has 1 aromatic heterocycles. The number of rotatable bonds is 3. The van der Waals surface area contributed by atoms with Crippen LogP contribution in [0.1, 0.15) is 13.3 Å². The first-order chi connectivity index (χ1) is 7.55. The summed E-state index contributed by atoms with van der Waals surface area (Å²) in [6, 6.07) is 0.00171. The lowest BCUT2D eigenvalue weighted by atomic mass is 10.1. The number of aromatic amines is 1. The van der Waals surface area contributed by atoms with Crippen LogP contribution in [0.4, 0.5) is 0 Å². The van der Waals surface area contributed by atoms with E-state index in [0.29, 0.717) is 13.1 Å². The summed E-state index contributed by atoms with van der Waals surface area (Å²) in [5, 5.41) is 0.150. The summed E-state index contributed by atoms with van der Waals surface area (Å²) >= 11 is 0. The Bertz CT molecular complexity index is 442. The smallest absolute Gasteiger partial charge is 0.260 e. The van der Waals surface area contributed by atoms with E-state index in [1.807, 2.05) is 6.92 Å². The maximum Gasteiger partial charge on any atom is 0.260 e. The molecular formula is C9H16N4O2S. The van der Waals surface area contributed by atoms with E-state index < -0.39 is 10.0 Å². The molecule has 0 radical (unpaired) electrons. The van der Waals surface area contributed by atoms with E-state index in [4.69, 9.17) is 5.73 Å². The van der Waals surface area contributed by atoms with Crippen molar-refractivity contribution in [3.63, 3.8) is 0 Å². The van der Waals surface area contributed by atoms with Gasteiger partial charge in [0.15, 0.2) is 5.03 Å². The Labute approximate surface area is 94.9 Å². The van der Waals surface area contributed by atoms with Crippen molar-refractivity contribution >= 4 is 10.0 Å². The zero-order valence-electron chi connectivity index (χ0n) is 9.13. The SMILES string of the molecule is CC1CC(CN)CN1S(=O)(=O)c1cnc[nH]1. The molecule has 0 amide bonds. The van der Waals surface area contributed by atoms with Gasteiger partial charge in [0.2, 0.25) is 0 Å². The monoisotopic (exact) mass is 244 g/mol. The third kappa shape index (κ3) is 1.85. The summed E-state index contributed by atoms with van der Waals surface area (Å²) in [4.78, 5) is 6.37. The van der Waals surface area contributed by atoms with Crippen molar-refractivity contribution in [3.05, 3.63) is 12.5 Å². The van der Waals surface area contributed by atoms with Crippen molar-refractivity contribution in [2.24, 2.45) is 11.7 Å². The van der Waals surface area contributed by atoms with Gasteiger partial charge in [-0.05, 0) is 25.8 Å². The van der Waals surface area contributed by atoms with Gasteiger partial charge < -0.3 is 10.7 Å². The van der Waals surface area contributed by atoms with E-state index in [9.17, 15) is 8.42 Å². The standard InChI is InChI=1S/C9H16N4O2S/c1-7-2-8(3-10)5-13(7)16(14,15)9-4-11-6-12-9/h4,6-8H,2-3,5,10H2,1H3,(H,11,12). The minimum atomic E-state index is -3.43. The zero-order chi connectivity index (χ0) is 11.8. The van der Waals surface area contributed by atoms with Crippen LogP contribution in [-0.4, -0.2) is 41.8 Å². The van der Waals surface area contributed by atoms with Gasteiger partial charge in [0.1, 0.15) is 0 Å². The molecule has 0 spiro atoms. The van der Waals surface area contributed by atoms with E-state index >= 15 is 0 Å². The number of nitrogens with two attached hydrogens (primary N) is 1. The molecule has 0 bridgehead atoms. The summed E-state index contributed by atoms with van der Waals surface area (Å²) in [7, 11) is -3.43. The van der Waals surface area contributed by atoms with Gasteiger partial charge in [0.05, 0.1) is 12.5 Å². The fraction of sp³-hybridized carbons (Fsp3) is 0.667. The quantitative estimate of drug-likeness (QED) is 0.768. The number of hydrogen-bond acceptors (Lipinski definition) is 4. The Hall–Kier alpha value is -0.920. The minimum Gasteiger partial charge on any atom is -0.335 e. The van der Waals surface area contributed by atoms with Crippen LogP contribution in [0.25, 0.3) is 0 Å². The van der Waals surface area contributed by atoms with Crippen molar-refractivity contribution in [3.8, 4) is 0 Å². The normalized spacial score (nSPS) is 27.4. The van der Waals surface area contributed by atoms with Crippen LogP contribution in [0.3, 0.4) is 0 Å². The Balaban J connectivity index is 2.26. The second-order valence-electron chi connectivity index (χ2n) is 4.18. The number of nitrogens with one attached hydrogen (secondary N) is 1. The first kappa shape index (κ1) is 11.6. The first-order valence-corrected chi connectivity index (χ1v) is 6.70. The number of nitrogens with zero attached hydrogens (tertiary/aromatic N) is 2. The van der Waals surface area contributed by atoms with Gasteiger partial charge in [-0.1, -0.05) is 0 Å². The van der Waals surface area contributed by atoms with E-state index in [1.54, 1.807) is 0 Å². The second kappa shape index (κ2) is 4.15. The molecule has 2 unspecified atom stereocenters. The number of imidazole rings is 1. The maximum atomic E-state index is 12.2. The Kier molecular flexibility index (Phi) is 3.00. The second-order valence-corrected chi connectivity index (χ2v) is 6.04. The number of aromatic nitrogens is 2. The Morgan fingerprint density at radius 1 is 1.69 bits per heavy atom. The molecule has 0 aliphatic carbocycles. The molecule has 7 heteroatoms. The summed E-state index contributed by atoms with van der Waals surface area (Å²) in [6.45, 7) is 2.93. The molecule has 2 heterocycles. The largest absolute Gasteiger partial charge is 0.335 e. The zero-order valence-corrected chi connectivity index (χ0v) is 9.94. The van der Waals surface area contributed by atoms with Crippen LogP contribution < -0.4 is 5.73 Å². The van der Waals surface area contributed by atoms with E-state index in [2.05, 4.69) is 9.97 Å². The molecule has 1 saturated heterocycles. The van der Waals surface area contributed by atoms with Gasteiger partial charge >= 0.3 is 0 Å². The molecule has 1 aliphatic rings. The number of sulfonamides is 1. The average Bonchev–Trinajstić information content (AvgIpc) is 2.85. The van der Waals surface area contributed by atoms with Gasteiger partial charge in [-0.25, -0.2) is 13.4 Å². The molecule has 0 aromatic carbocycles. The molecule has 0 saturated carbocycles. The molecule has 16 heavy (non-hydrogen) atoms. The van der Waals surface area contributed by atoms with Gasteiger partial charge in [0.25, 0.3) is 10.0 Å². The summed E-state index contributed by atoms with van der Waals surface area (Å²) in [6.07, 6.45) is 3.52.